The van der Waals surface area contributed by atoms with Gasteiger partial charge in [-0.25, -0.2) is 22.8 Å². The lowest BCUT2D eigenvalue weighted by molar-refractivity contribution is 0.0946. The zero-order valence-electron chi connectivity index (χ0n) is 16.1. The molecule has 2 N–H and O–H groups in total. The van der Waals surface area contributed by atoms with Gasteiger partial charge < -0.3 is 5.32 Å². The maximum Gasteiger partial charge on any atom is 0.271 e. The van der Waals surface area contributed by atoms with Crippen molar-refractivity contribution in [2.75, 3.05) is 7.05 Å². The highest BCUT2D eigenvalue weighted by Gasteiger charge is 2.16. The lowest BCUT2D eigenvalue weighted by Crippen LogP contribution is -2.25. The average Bonchev–Trinajstić information content (AvgIpc) is 3.04. The molecule has 152 valence electrons. The van der Waals surface area contributed by atoms with Gasteiger partial charge in [0.1, 0.15) is 5.69 Å². The van der Waals surface area contributed by atoms with Crippen LogP contribution in [0.4, 0.5) is 0 Å². The van der Waals surface area contributed by atoms with Crippen molar-refractivity contribution < 1.29 is 13.2 Å². The number of aryl methyl sites for hydroxylation is 2. The maximum absolute atomic E-state index is 12.6. The van der Waals surface area contributed by atoms with Crippen molar-refractivity contribution in [3.8, 4) is 5.82 Å². The Morgan fingerprint density at radius 3 is 2.59 bits per heavy atom. The Labute approximate surface area is 174 Å². The Morgan fingerprint density at radius 1 is 1.17 bits per heavy atom. The van der Waals surface area contributed by atoms with Crippen LogP contribution >= 0.6 is 11.6 Å². The number of pyridine rings is 1. The van der Waals surface area contributed by atoms with Crippen molar-refractivity contribution in [3.63, 3.8) is 0 Å². The van der Waals surface area contributed by atoms with Crippen LogP contribution in [0.2, 0.25) is 5.02 Å². The molecule has 0 spiro atoms. The van der Waals surface area contributed by atoms with Gasteiger partial charge in [-0.05, 0) is 56.8 Å². The summed E-state index contributed by atoms with van der Waals surface area (Å²) in [6.45, 7) is 3.88. The Hall–Kier alpha value is -2.75. The number of nitrogens with one attached hydrogen (secondary N) is 2. The number of aromatic nitrogens is 3. The highest BCUT2D eigenvalue weighted by Crippen LogP contribution is 2.18. The van der Waals surface area contributed by atoms with Crippen LogP contribution in [0.5, 0.6) is 0 Å². The molecule has 2 aromatic heterocycles. The first-order valence-corrected chi connectivity index (χ1v) is 10.6. The third kappa shape index (κ3) is 4.64. The number of carbonyl (C=O) groups is 1. The Kier molecular flexibility index (Phi) is 6.02. The number of benzene rings is 1. The molecule has 1 aromatic carbocycles. The van der Waals surface area contributed by atoms with Crippen LogP contribution in [0.15, 0.2) is 47.4 Å². The minimum absolute atomic E-state index is 0.0655. The van der Waals surface area contributed by atoms with E-state index in [0.717, 1.165) is 11.4 Å². The van der Waals surface area contributed by atoms with Gasteiger partial charge in [0.25, 0.3) is 5.91 Å². The largest absolute Gasteiger partial charge is 0.347 e. The molecule has 0 saturated carbocycles. The third-order valence-electron chi connectivity index (χ3n) is 4.20. The van der Waals surface area contributed by atoms with E-state index in [0.29, 0.717) is 11.4 Å². The summed E-state index contributed by atoms with van der Waals surface area (Å²) in [4.78, 5) is 17.1. The average molecular weight is 434 g/mol. The molecule has 0 unspecified atom stereocenters. The summed E-state index contributed by atoms with van der Waals surface area (Å²) in [6, 6.07) is 11.5. The van der Waals surface area contributed by atoms with Gasteiger partial charge in [-0.15, -0.1) is 0 Å². The van der Waals surface area contributed by atoms with Gasteiger partial charge in [0.15, 0.2) is 5.82 Å². The SMILES string of the molecule is CNS(=O)(=O)c1cccc(CNC(=O)c2nc(-n3nc(C)cc3C)ccc2Cl)c1. The number of amides is 1. The molecule has 0 atom stereocenters. The number of nitrogens with zero attached hydrogens (tertiary/aromatic N) is 3. The topological polar surface area (TPSA) is 106 Å². The van der Waals surface area contributed by atoms with E-state index in [1.54, 1.807) is 28.9 Å². The van der Waals surface area contributed by atoms with Crippen LogP contribution < -0.4 is 10.0 Å². The lowest BCUT2D eigenvalue weighted by Gasteiger charge is -2.10. The smallest absolute Gasteiger partial charge is 0.271 e. The Balaban J connectivity index is 1.81. The monoisotopic (exact) mass is 433 g/mol. The van der Waals surface area contributed by atoms with Crippen molar-refractivity contribution in [2.24, 2.45) is 0 Å². The number of halogens is 1. The van der Waals surface area contributed by atoms with E-state index >= 15 is 0 Å². The molecule has 8 nitrogen and oxygen atoms in total. The molecule has 0 aliphatic rings. The van der Waals surface area contributed by atoms with Crippen molar-refractivity contribution in [1.82, 2.24) is 24.8 Å². The van der Waals surface area contributed by atoms with Crippen LogP contribution in [0.25, 0.3) is 5.82 Å². The Morgan fingerprint density at radius 2 is 1.93 bits per heavy atom. The normalized spacial score (nSPS) is 11.4. The summed E-state index contributed by atoms with van der Waals surface area (Å²) >= 11 is 6.17. The summed E-state index contributed by atoms with van der Waals surface area (Å²) in [5.74, 6) is 0.00696. The van der Waals surface area contributed by atoms with Crippen LogP contribution in [0, 0.1) is 13.8 Å². The molecule has 3 rings (SSSR count). The Bertz CT molecular complexity index is 1170. The quantitative estimate of drug-likeness (QED) is 0.620. The van der Waals surface area contributed by atoms with Gasteiger partial charge in [-0.1, -0.05) is 23.7 Å². The first-order chi connectivity index (χ1) is 13.7. The summed E-state index contributed by atoms with van der Waals surface area (Å²) < 4.78 is 27.7. The summed E-state index contributed by atoms with van der Waals surface area (Å²) in [6.07, 6.45) is 0. The van der Waals surface area contributed by atoms with Gasteiger partial charge >= 0.3 is 0 Å². The fourth-order valence-corrected chi connectivity index (χ4v) is 3.77. The summed E-state index contributed by atoms with van der Waals surface area (Å²) in [5.41, 5.74) is 2.41. The van der Waals surface area contributed by atoms with Gasteiger partial charge in [0.2, 0.25) is 10.0 Å². The molecule has 3 aromatic rings. The van der Waals surface area contributed by atoms with Gasteiger partial charge in [-0.3, -0.25) is 4.79 Å². The molecule has 0 aliphatic carbocycles. The lowest BCUT2D eigenvalue weighted by atomic mass is 10.2. The molecule has 0 saturated heterocycles. The van der Waals surface area contributed by atoms with E-state index in [2.05, 4.69) is 20.1 Å². The maximum atomic E-state index is 12.6. The molecule has 10 heteroatoms. The van der Waals surface area contributed by atoms with Crippen LogP contribution in [-0.2, 0) is 16.6 Å². The fourth-order valence-electron chi connectivity index (χ4n) is 2.78. The molecular formula is C19H20ClN5O3S. The summed E-state index contributed by atoms with van der Waals surface area (Å²) in [5, 5.41) is 7.29. The molecule has 2 heterocycles. The molecule has 29 heavy (non-hydrogen) atoms. The van der Waals surface area contributed by atoms with Gasteiger partial charge in [0, 0.05) is 12.2 Å². The summed E-state index contributed by atoms with van der Waals surface area (Å²) in [7, 11) is -2.22. The first kappa shape index (κ1) is 21.0. The van der Waals surface area contributed by atoms with Crippen molar-refractivity contribution in [3.05, 3.63) is 70.1 Å². The first-order valence-electron chi connectivity index (χ1n) is 8.72. The predicted octanol–water partition coefficient (Wildman–Crippen LogP) is 2.38. The third-order valence-corrected chi connectivity index (χ3v) is 5.92. The van der Waals surface area contributed by atoms with E-state index in [1.165, 1.54) is 19.2 Å². The van der Waals surface area contributed by atoms with Gasteiger partial charge in [-0.2, -0.15) is 5.10 Å². The van der Waals surface area contributed by atoms with Crippen LogP contribution in [-0.4, -0.2) is 36.1 Å². The minimum atomic E-state index is -3.56. The molecule has 0 fully saturated rings. The van der Waals surface area contributed by atoms with E-state index in [-0.39, 0.29) is 22.2 Å². The second kappa shape index (κ2) is 8.32. The molecular weight excluding hydrogens is 414 g/mol. The molecule has 0 radical (unpaired) electrons. The number of hydrogen-bond acceptors (Lipinski definition) is 5. The fraction of sp³-hybridized carbons (Fsp3) is 0.211. The highest BCUT2D eigenvalue weighted by molar-refractivity contribution is 7.89. The minimum Gasteiger partial charge on any atom is -0.347 e. The van der Waals surface area contributed by atoms with Gasteiger partial charge in [0.05, 0.1) is 15.6 Å². The van der Waals surface area contributed by atoms with Crippen molar-refractivity contribution in [1.29, 1.82) is 0 Å². The second-order valence-electron chi connectivity index (χ2n) is 6.38. The zero-order valence-corrected chi connectivity index (χ0v) is 17.7. The van der Waals surface area contributed by atoms with E-state index < -0.39 is 15.9 Å². The molecule has 0 aliphatic heterocycles. The second-order valence-corrected chi connectivity index (χ2v) is 8.67. The number of sulfonamides is 1. The highest BCUT2D eigenvalue weighted by atomic mass is 35.5. The standard InChI is InChI=1S/C19H20ClN5O3S/c1-12-9-13(2)25(24-12)17-8-7-16(20)18(23-17)19(26)22-11-14-5-4-6-15(10-14)29(27,28)21-3/h4-10,21H,11H2,1-3H3,(H,22,26). The van der Waals surface area contributed by atoms with Crippen LogP contribution in [0.1, 0.15) is 27.4 Å². The van der Waals surface area contributed by atoms with E-state index in [9.17, 15) is 13.2 Å². The predicted molar refractivity (Wildman–Crippen MR) is 110 cm³/mol. The van der Waals surface area contributed by atoms with Crippen molar-refractivity contribution in [2.45, 2.75) is 25.3 Å². The van der Waals surface area contributed by atoms with Crippen LogP contribution in [0.3, 0.4) is 0 Å². The van der Waals surface area contributed by atoms with E-state index in [4.69, 9.17) is 11.6 Å². The molecule has 0 bridgehead atoms. The number of rotatable bonds is 6. The molecule has 1 amide bonds. The number of carbonyl (C=O) groups excluding carboxylic acids is 1. The number of hydrogen-bond donors (Lipinski definition) is 2. The van der Waals surface area contributed by atoms with Crippen molar-refractivity contribution >= 4 is 27.5 Å². The zero-order chi connectivity index (χ0) is 21.2. The van der Waals surface area contributed by atoms with E-state index in [1.807, 2.05) is 19.9 Å².